The Labute approximate surface area is 173 Å². The number of amides is 1. The third-order valence-electron chi connectivity index (χ3n) is 4.91. The number of likely N-dealkylation sites (N-methyl/N-ethyl adjacent to an activating group) is 1. The van der Waals surface area contributed by atoms with Gasteiger partial charge in [0.2, 0.25) is 0 Å². The summed E-state index contributed by atoms with van der Waals surface area (Å²) in [4.78, 5) is 22.1. The molecule has 7 heteroatoms. The number of benzene rings is 2. The quantitative estimate of drug-likeness (QED) is 0.514. The van der Waals surface area contributed by atoms with Crippen LogP contribution in [-0.2, 0) is 6.42 Å². The molecular formula is C22H21ClN4O2. The van der Waals surface area contributed by atoms with Gasteiger partial charge in [-0.05, 0) is 49.7 Å². The number of fused-ring (bicyclic) bond motifs is 1. The SMILES string of the molecule is Cc1ccc(C(=O)N(C)CCc2noc(-c3cc4cc(Cl)ccc4[nH]3)n2)c(C)c1. The molecule has 6 nitrogen and oxygen atoms in total. The van der Waals surface area contributed by atoms with E-state index in [4.69, 9.17) is 16.1 Å². The monoisotopic (exact) mass is 408 g/mol. The number of aromatic nitrogens is 3. The van der Waals surface area contributed by atoms with E-state index in [1.165, 1.54) is 0 Å². The molecule has 0 saturated heterocycles. The maximum Gasteiger partial charge on any atom is 0.274 e. The number of hydrogen-bond acceptors (Lipinski definition) is 4. The van der Waals surface area contributed by atoms with Crippen LogP contribution < -0.4 is 0 Å². The van der Waals surface area contributed by atoms with E-state index in [1.54, 1.807) is 11.9 Å². The number of aryl methyl sites for hydroxylation is 2. The normalized spacial score (nSPS) is 11.2. The zero-order valence-electron chi connectivity index (χ0n) is 16.5. The van der Waals surface area contributed by atoms with E-state index in [0.717, 1.165) is 27.7 Å². The van der Waals surface area contributed by atoms with Gasteiger partial charge < -0.3 is 14.4 Å². The first kappa shape index (κ1) is 19.2. The van der Waals surface area contributed by atoms with Crippen LogP contribution in [0.15, 0.2) is 47.0 Å². The van der Waals surface area contributed by atoms with Crippen LogP contribution in [0, 0.1) is 13.8 Å². The zero-order valence-corrected chi connectivity index (χ0v) is 17.2. The summed E-state index contributed by atoms with van der Waals surface area (Å²) in [7, 11) is 1.78. The first-order valence-corrected chi connectivity index (χ1v) is 9.72. The molecule has 4 aromatic rings. The van der Waals surface area contributed by atoms with Gasteiger partial charge in [0.15, 0.2) is 5.82 Å². The third-order valence-corrected chi connectivity index (χ3v) is 5.15. The van der Waals surface area contributed by atoms with E-state index < -0.39 is 0 Å². The largest absolute Gasteiger partial charge is 0.351 e. The highest BCUT2D eigenvalue weighted by molar-refractivity contribution is 6.31. The molecule has 0 aliphatic rings. The van der Waals surface area contributed by atoms with Gasteiger partial charge in [0.1, 0.15) is 5.69 Å². The minimum atomic E-state index is -0.0151. The summed E-state index contributed by atoms with van der Waals surface area (Å²) < 4.78 is 5.39. The number of rotatable bonds is 5. The van der Waals surface area contributed by atoms with E-state index in [2.05, 4.69) is 15.1 Å². The highest BCUT2D eigenvalue weighted by Crippen LogP contribution is 2.25. The molecule has 0 spiro atoms. The molecule has 1 amide bonds. The van der Waals surface area contributed by atoms with Crippen molar-refractivity contribution in [3.05, 3.63) is 70.0 Å². The molecule has 0 aliphatic heterocycles. The predicted molar refractivity (Wildman–Crippen MR) is 113 cm³/mol. The van der Waals surface area contributed by atoms with Crippen LogP contribution in [0.25, 0.3) is 22.5 Å². The number of hydrogen-bond donors (Lipinski definition) is 1. The van der Waals surface area contributed by atoms with Crippen LogP contribution >= 0.6 is 11.6 Å². The number of carbonyl (C=O) groups excluding carboxylic acids is 1. The van der Waals surface area contributed by atoms with Gasteiger partial charge in [-0.3, -0.25) is 4.79 Å². The number of halogens is 1. The fourth-order valence-electron chi connectivity index (χ4n) is 3.31. The first-order valence-electron chi connectivity index (χ1n) is 9.34. The molecule has 29 heavy (non-hydrogen) atoms. The summed E-state index contributed by atoms with van der Waals surface area (Å²) in [6.07, 6.45) is 0.503. The average molecular weight is 409 g/mol. The average Bonchev–Trinajstić information content (AvgIpc) is 3.32. The van der Waals surface area contributed by atoms with Crippen LogP contribution in [0.2, 0.25) is 5.02 Å². The van der Waals surface area contributed by atoms with E-state index in [0.29, 0.717) is 35.3 Å². The van der Waals surface area contributed by atoms with Crippen LogP contribution in [-0.4, -0.2) is 39.5 Å². The Morgan fingerprint density at radius 1 is 1.17 bits per heavy atom. The lowest BCUT2D eigenvalue weighted by Crippen LogP contribution is -2.29. The molecule has 0 bridgehead atoms. The summed E-state index contributed by atoms with van der Waals surface area (Å²) >= 11 is 6.04. The van der Waals surface area contributed by atoms with Crippen molar-refractivity contribution >= 4 is 28.4 Å². The van der Waals surface area contributed by atoms with Gasteiger partial charge in [0.05, 0.1) is 0 Å². The fraction of sp³-hybridized carbons (Fsp3) is 0.227. The van der Waals surface area contributed by atoms with Crippen LogP contribution in [0.4, 0.5) is 0 Å². The number of carbonyl (C=O) groups is 1. The second-order valence-corrected chi connectivity index (χ2v) is 7.66. The molecule has 2 heterocycles. The summed E-state index contributed by atoms with van der Waals surface area (Å²) in [5.74, 6) is 0.950. The highest BCUT2D eigenvalue weighted by atomic mass is 35.5. The van der Waals surface area contributed by atoms with Gasteiger partial charge in [-0.15, -0.1) is 0 Å². The molecule has 0 radical (unpaired) electrons. The van der Waals surface area contributed by atoms with E-state index in [1.807, 2.05) is 56.3 Å². The molecular weight excluding hydrogens is 388 g/mol. The van der Waals surface area contributed by atoms with Crippen LogP contribution in [0.5, 0.6) is 0 Å². The standard InChI is InChI=1S/C22H21ClN4O2/c1-13-4-6-17(14(2)10-13)22(28)27(3)9-8-20-25-21(29-26-20)19-12-15-11-16(23)5-7-18(15)24-19/h4-7,10-12,24H,8-9H2,1-3H3. The van der Waals surface area contributed by atoms with E-state index in [9.17, 15) is 4.79 Å². The highest BCUT2D eigenvalue weighted by Gasteiger charge is 2.16. The van der Waals surface area contributed by atoms with Crippen molar-refractivity contribution in [1.29, 1.82) is 0 Å². The van der Waals surface area contributed by atoms with E-state index in [-0.39, 0.29) is 5.91 Å². The van der Waals surface area contributed by atoms with Crippen LogP contribution in [0.3, 0.4) is 0 Å². The lowest BCUT2D eigenvalue weighted by Gasteiger charge is -2.17. The Balaban J connectivity index is 1.44. The van der Waals surface area contributed by atoms with Gasteiger partial charge in [-0.25, -0.2) is 0 Å². The van der Waals surface area contributed by atoms with Crippen molar-refractivity contribution in [1.82, 2.24) is 20.0 Å². The van der Waals surface area contributed by atoms with Crippen molar-refractivity contribution in [2.75, 3.05) is 13.6 Å². The molecule has 2 aromatic carbocycles. The van der Waals surface area contributed by atoms with Gasteiger partial charge in [0, 0.05) is 41.5 Å². The minimum absolute atomic E-state index is 0.0151. The van der Waals surface area contributed by atoms with Gasteiger partial charge in [0.25, 0.3) is 11.8 Å². The molecule has 0 fully saturated rings. The van der Waals surface area contributed by atoms with Gasteiger partial charge in [-0.2, -0.15) is 4.98 Å². The number of H-pyrrole nitrogens is 1. The molecule has 0 saturated carbocycles. The maximum atomic E-state index is 12.7. The van der Waals surface area contributed by atoms with Gasteiger partial charge >= 0.3 is 0 Å². The van der Waals surface area contributed by atoms with Crippen molar-refractivity contribution in [3.63, 3.8) is 0 Å². The minimum Gasteiger partial charge on any atom is -0.351 e. The van der Waals surface area contributed by atoms with E-state index >= 15 is 0 Å². The molecule has 0 unspecified atom stereocenters. The Kier molecular flexibility index (Phi) is 5.11. The number of nitrogens with zero attached hydrogens (tertiary/aromatic N) is 3. The third kappa shape index (κ3) is 4.03. The second-order valence-electron chi connectivity index (χ2n) is 7.23. The van der Waals surface area contributed by atoms with Crippen molar-refractivity contribution in [3.8, 4) is 11.6 Å². The molecule has 4 rings (SSSR count). The smallest absolute Gasteiger partial charge is 0.274 e. The Morgan fingerprint density at radius 2 is 2.00 bits per heavy atom. The fourth-order valence-corrected chi connectivity index (χ4v) is 3.49. The number of nitrogens with one attached hydrogen (secondary N) is 1. The molecule has 148 valence electrons. The van der Waals surface area contributed by atoms with Crippen molar-refractivity contribution in [2.24, 2.45) is 0 Å². The first-order chi connectivity index (χ1) is 13.9. The lowest BCUT2D eigenvalue weighted by atomic mass is 10.0. The molecule has 0 aliphatic carbocycles. The van der Waals surface area contributed by atoms with Gasteiger partial charge in [-0.1, -0.05) is 34.5 Å². The molecule has 1 N–H and O–H groups in total. The predicted octanol–water partition coefficient (Wildman–Crippen LogP) is 4.80. The Bertz CT molecular complexity index is 1190. The maximum absolute atomic E-state index is 12.7. The molecule has 0 atom stereocenters. The molecule has 2 aromatic heterocycles. The number of aromatic amines is 1. The Hall–Kier alpha value is -3.12. The Morgan fingerprint density at radius 3 is 2.79 bits per heavy atom. The second kappa shape index (κ2) is 7.72. The summed E-state index contributed by atoms with van der Waals surface area (Å²) in [6.45, 7) is 4.46. The lowest BCUT2D eigenvalue weighted by molar-refractivity contribution is 0.0795. The van der Waals surface area contributed by atoms with Crippen molar-refractivity contribution in [2.45, 2.75) is 20.3 Å². The zero-order chi connectivity index (χ0) is 20.5. The topological polar surface area (TPSA) is 75.0 Å². The summed E-state index contributed by atoms with van der Waals surface area (Å²) in [5, 5.41) is 5.69. The summed E-state index contributed by atoms with van der Waals surface area (Å²) in [6, 6.07) is 13.4. The summed E-state index contributed by atoms with van der Waals surface area (Å²) in [5.41, 5.74) is 4.51. The van der Waals surface area contributed by atoms with Crippen LogP contribution in [0.1, 0.15) is 27.3 Å². The van der Waals surface area contributed by atoms with Crippen molar-refractivity contribution < 1.29 is 9.32 Å².